The van der Waals surface area contributed by atoms with Crippen LogP contribution in [0.2, 0.25) is 0 Å². The number of benzene rings is 1. The molecule has 108 valence electrons. The summed E-state index contributed by atoms with van der Waals surface area (Å²) in [5, 5.41) is 3.66. The lowest BCUT2D eigenvalue weighted by Gasteiger charge is -2.32. The van der Waals surface area contributed by atoms with E-state index < -0.39 is 0 Å². The van der Waals surface area contributed by atoms with Crippen LogP contribution in [0.4, 0.5) is 5.82 Å². The van der Waals surface area contributed by atoms with Crippen molar-refractivity contribution < 1.29 is 0 Å². The first kappa shape index (κ1) is 12.8. The van der Waals surface area contributed by atoms with E-state index in [4.69, 9.17) is 4.98 Å². The average Bonchev–Trinajstić information content (AvgIpc) is 3.35. The standard InChI is InChI=1S/C18H21N3/c1-12-6-7-13-4-2-3-5-15(13)17(12)20-16-10-11-19-18(21-16)14-8-9-14/h2-5,10-12,14,17H,6-9H2,1H3,(H,19,20,21). The molecule has 0 saturated heterocycles. The molecule has 1 saturated carbocycles. The molecule has 21 heavy (non-hydrogen) atoms. The zero-order valence-electron chi connectivity index (χ0n) is 12.4. The van der Waals surface area contributed by atoms with Gasteiger partial charge in [0, 0.05) is 12.1 Å². The van der Waals surface area contributed by atoms with E-state index in [2.05, 4.69) is 41.5 Å². The van der Waals surface area contributed by atoms with Crippen LogP contribution >= 0.6 is 0 Å². The molecule has 3 nitrogen and oxygen atoms in total. The molecule has 0 bridgehead atoms. The Kier molecular flexibility index (Phi) is 3.13. The molecule has 1 fully saturated rings. The van der Waals surface area contributed by atoms with Crippen LogP contribution in [0.3, 0.4) is 0 Å². The van der Waals surface area contributed by atoms with Crippen molar-refractivity contribution >= 4 is 5.82 Å². The molecule has 2 aromatic rings. The highest BCUT2D eigenvalue weighted by Gasteiger charge is 2.28. The highest BCUT2D eigenvalue weighted by Crippen LogP contribution is 2.39. The van der Waals surface area contributed by atoms with E-state index in [0.717, 1.165) is 11.6 Å². The largest absolute Gasteiger partial charge is 0.363 e. The number of fused-ring (bicyclic) bond motifs is 1. The van der Waals surface area contributed by atoms with Gasteiger partial charge in [-0.1, -0.05) is 31.2 Å². The van der Waals surface area contributed by atoms with Crippen LogP contribution in [0.1, 0.15) is 55.1 Å². The van der Waals surface area contributed by atoms with Crippen LogP contribution < -0.4 is 5.32 Å². The lowest BCUT2D eigenvalue weighted by Crippen LogP contribution is -2.25. The maximum atomic E-state index is 4.71. The maximum absolute atomic E-state index is 4.71. The molecule has 2 unspecified atom stereocenters. The van der Waals surface area contributed by atoms with Crippen LogP contribution in [0.25, 0.3) is 0 Å². The number of aromatic nitrogens is 2. The van der Waals surface area contributed by atoms with Crippen molar-refractivity contribution in [2.45, 2.75) is 44.6 Å². The predicted molar refractivity (Wildman–Crippen MR) is 84.3 cm³/mol. The third-order valence-corrected chi connectivity index (χ3v) is 4.75. The van der Waals surface area contributed by atoms with Gasteiger partial charge in [-0.2, -0.15) is 0 Å². The molecule has 1 aromatic carbocycles. The second kappa shape index (κ2) is 5.14. The van der Waals surface area contributed by atoms with Crippen molar-refractivity contribution in [3.63, 3.8) is 0 Å². The smallest absolute Gasteiger partial charge is 0.133 e. The quantitative estimate of drug-likeness (QED) is 0.919. The van der Waals surface area contributed by atoms with Crippen molar-refractivity contribution in [3.8, 4) is 0 Å². The van der Waals surface area contributed by atoms with Crippen molar-refractivity contribution in [1.82, 2.24) is 9.97 Å². The van der Waals surface area contributed by atoms with E-state index >= 15 is 0 Å². The van der Waals surface area contributed by atoms with E-state index in [9.17, 15) is 0 Å². The Labute approximate surface area is 125 Å². The Morgan fingerprint density at radius 3 is 2.81 bits per heavy atom. The summed E-state index contributed by atoms with van der Waals surface area (Å²) in [6.45, 7) is 2.33. The molecule has 1 aromatic heterocycles. The van der Waals surface area contributed by atoms with Gasteiger partial charge in [0.25, 0.3) is 0 Å². The molecule has 0 aliphatic heterocycles. The summed E-state index contributed by atoms with van der Waals surface area (Å²) in [7, 11) is 0. The molecule has 0 amide bonds. The van der Waals surface area contributed by atoms with Gasteiger partial charge in [0.15, 0.2) is 0 Å². The van der Waals surface area contributed by atoms with Gasteiger partial charge in [0.1, 0.15) is 11.6 Å². The summed E-state index contributed by atoms with van der Waals surface area (Å²) < 4.78 is 0. The minimum Gasteiger partial charge on any atom is -0.363 e. The molecule has 1 heterocycles. The zero-order chi connectivity index (χ0) is 14.2. The minimum absolute atomic E-state index is 0.358. The van der Waals surface area contributed by atoms with Crippen molar-refractivity contribution in [2.24, 2.45) is 5.92 Å². The van der Waals surface area contributed by atoms with Gasteiger partial charge in [0.05, 0.1) is 6.04 Å². The number of rotatable bonds is 3. The van der Waals surface area contributed by atoms with Crippen LogP contribution in [-0.4, -0.2) is 9.97 Å². The van der Waals surface area contributed by atoms with Gasteiger partial charge in [0.2, 0.25) is 0 Å². The number of hydrogen-bond donors (Lipinski definition) is 1. The van der Waals surface area contributed by atoms with E-state index in [1.807, 2.05) is 12.3 Å². The highest BCUT2D eigenvalue weighted by atomic mass is 15.1. The van der Waals surface area contributed by atoms with Gasteiger partial charge in [-0.3, -0.25) is 0 Å². The monoisotopic (exact) mass is 279 g/mol. The Morgan fingerprint density at radius 1 is 1.10 bits per heavy atom. The first-order chi connectivity index (χ1) is 10.3. The highest BCUT2D eigenvalue weighted by molar-refractivity contribution is 5.42. The summed E-state index contributed by atoms with van der Waals surface area (Å²) in [5.41, 5.74) is 2.91. The molecular weight excluding hydrogens is 258 g/mol. The van der Waals surface area contributed by atoms with Crippen LogP contribution in [0.15, 0.2) is 36.5 Å². The van der Waals surface area contributed by atoms with Crippen LogP contribution in [0.5, 0.6) is 0 Å². The van der Waals surface area contributed by atoms with Crippen molar-refractivity contribution in [2.75, 3.05) is 5.32 Å². The Balaban J connectivity index is 1.62. The Morgan fingerprint density at radius 2 is 1.95 bits per heavy atom. The number of aryl methyl sites for hydroxylation is 1. The summed E-state index contributed by atoms with van der Waals surface area (Å²) in [6, 6.07) is 11.1. The predicted octanol–water partition coefficient (Wildman–Crippen LogP) is 4.09. The van der Waals surface area contributed by atoms with Crippen LogP contribution in [0, 0.1) is 5.92 Å². The summed E-state index contributed by atoms with van der Waals surface area (Å²) in [5.74, 6) is 3.21. The second-order valence-corrected chi connectivity index (χ2v) is 6.41. The molecule has 2 aliphatic rings. The van der Waals surface area contributed by atoms with Gasteiger partial charge >= 0.3 is 0 Å². The molecule has 3 heteroatoms. The van der Waals surface area contributed by atoms with E-state index in [1.165, 1.54) is 36.8 Å². The van der Waals surface area contributed by atoms with Crippen LogP contribution in [-0.2, 0) is 6.42 Å². The number of nitrogens with one attached hydrogen (secondary N) is 1. The average molecular weight is 279 g/mol. The first-order valence-corrected chi connectivity index (χ1v) is 7.98. The molecule has 1 N–H and O–H groups in total. The normalized spacial score (nSPS) is 24.4. The number of hydrogen-bond acceptors (Lipinski definition) is 3. The minimum atomic E-state index is 0.358. The van der Waals surface area contributed by atoms with Gasteiger partial charge in [-0.05, 0) is 48.8 Å². The van der Waals surface area contributed by atoms with Crippen molar-refractivity contribution in [1.29, 1.82) is 0 Å². The third-order valence-electron chi connectivity index (χ3n) is 4.75. The third kappa shape index (κ3) is 2.53. The molecule has 0 spiro atoms. The molecule has 0 radical (unpaired) electrons. The first-order valence-electron chi connectivity index (χ1n) is 7.98. The SMILES string of the molecule is CC1CCc2ccccc2C1Nc1ccnc(C2CC2)n1. The molecule has 4 rings (SSSR count). The van der Waals surface area contributed by atoms with Gasteiger partial charge in [-0.15, -0.1) is 0 Å². The Hall–Kier alpha value is -1.90. The Bertz CT molecular complexity index is 648. The molecule has 2 aliphatic carbocycles. The lowest BCUT2D eigenvalue weighted by atomic mass is 9.81. The van der Waals surface area contributed by atoms with E-state index in [1.54, 1.807) is 0 Å². The lowest BCUT2D eigenvalue weighted by molar-refractivity contribution is 0.433. The second-order valence-electron chi connectivity index (χ2n) is 6.41. The van der Waals surface area contributed by atoms with Gasteiger partial charge in [-0.25, -0.2) is 9.97 Å². The fraction of sp³-hybridized carbons (Fsp3) is 0.444. The summed E-state index contributed by atoms with van der Waals surface area (Å²) in [6.07, 6.45) is 6.79. The molecule has 2 atom stereocenters. The maximum Gasteiger partial charge on any atom is 0.133 e. The fourth-order valence-electron chi connectivity index (χ4n) is 3.29. The topological polar surface area (TPSA) is 37.8 Å². The van der Waals surface area contributed by atoms with E-state index in [-0.39, 0.29) is 0 Å². The van der Waals surface area contributed by atoms with E-state index in [0.29, 0.717) is 17.9 Å². The number of anilines is 1. The molecular formula is C18H21N3. The van der Waals surface area contributed by atoms with Crippen molar-refractivity contribution in [3.05, 3.63) is 53.5 Å². The summed E-state index contributed by atoms with van der Waals surface area (Å²) in [4.78, 5) is 9.12. The number of nitrogens with zero attached hydrogens (tertiary/aromatic N) is 2. The summed E-state index contributed by atoms with van der Waals surface area (Å²) >= 11 is 0. The fourth-order valence-corrected chi connectivity index (χ4v) is 3.29. The van der Waals surface area contributed by atoms with Gasteiger partial charge < -0.3 is 5.32 Å². The zero-order valence-corrected chi connectivity index (χ0v) is 12.4.